The molecule has 3 heterocycles. The average Bonchev–Trinajstić information content (AvgIpc) is 4.18. The number of rotatable bonds is 8. The summed E-state index contributed by atoms with van der Waals surface area (Å²) >= 11 is 0. The van der Waals surface area contributed by atoms with Crippen LogP contribution in [0.5, 0.6) is 0 Å². The molecule has 73 heavy (non-hydrogen) atoms. The van der Waals surface area contributed by atoms with Crippen molar-refractivity contribution in [3.63, 3.8) is 0 Å². The van der Waals surface area contributed by atoms with Gasteiger partial charge in [0.1, 0.15) is 22.3 Å². The first-order chi connectivity index (χ1) is 36.2. The Morgan fingerprint density at radius 1 is 0.233 bits per heavy atom. The first-order valence-electron chi connectivity index (χ1n) is 24.7. The molecule has 3 aromatic heterocycles. The Labute approximate surface area is 419 Å². The third-order valence-electron chi connectivity index (χ3n) is 14.6. The Kier molecular flexibility index (Phi) is 9.19. The lowest BCUT2D eigenvalue weighted by atomic mass is 9.94. The molecule has 12 aromatic carbocycles. The molecule has 0 radical (unpaired) electrons. The van der Waals surface area contributed by atoms with Crippen molar-refractivity contribution in [2.24, 2.45) is 0 Å². The van der Waals surface area contributed by atoms with E-state index in [2.05, 4.69) is 240 Å². The number of anilines is 6. The highest BCUT2D eigenvalue weighted by molar-refractivity contribution is 6.30. The van der Waals surface area contributed by atoms with E-state index < -0.39 is 0 Å². The van der Waals surface area contributed by atoms with Crippen molar-refractivity contribution < 1.29 is 13.3 Å². The molecule has 0 atom stereocenters. The van der Waals surface area contributed by atoms with E-state index in [1.807, 2.05) is 24.3 Å². The second-order valence-corrected chi connectivity index (χ2v) is 18.7. The van der Waals surface area contributed by atoms with Gasteiger partial charge in [0.25, 0.3) is 0 Å². The zero-order chi connectivity index (χ0) is 48.0. The minimum absolute atomic E-state index is 0.819. The van der Waals surface area contributed by atoms with E-state index in [0.717, 1.165) is 138 Å². The normalized spacial score (nSPS) is 11.8. The number of hydrogen-bond acceptors (Lipinski definition) is 5. The maximum absolute atomic E-state index is 7.07. The van der Waals surface area contributed by atoms with Gasteiger partial charge in [-0.25, -0.2) is 0 Å². The molecule has 5 nitrogen and oxygen atoms in total. The maximum atomic E-state index is 7.07. The zero-order valence-corrected chi connectivity index (χ0v) is 39.4. The van der Waals surface area contributed by atoms with Crippen molar-refractivity contribution >= 4 is 121 Å². The van der Waals surface area contributed by atoms with Gasteiger partial charge in [-0.2, -0.15) is 0 Å². The average molecular weight is 935 g/mol. The summed E-state index contributed by atoms with van der Waals surface area (Å²) in [5.74, 6) is 0. The molecule has 0 fully saturated rings. The fourth-order valence-electron chi connectivity index (χ4n) is 11.3. The standard InChI is InChI=1S/C68H42N2O3/c1-3-17-44(18-4-1)49-21-9-12-28-59(49)70(61-30-16-27-55-52-24-11-14-32-63(52)72-67(55)61)47-36-33-43(34-37-47)45-35-39-56-58(41-45)50-22-7-8-25-53(50)65-57-40-38-48(42-64(57)73-68(56)65)69(46-19-5-2-6-20-46)60-29-15-26-54-51-23-10-13-31-62(51)71-66(54)60/h1-42H. The largest absolute Gasteiger partial charge is 0.455 e. The highest BCUT2D eigenvalue weighted by Gasteiger charge is 2.24. The number of nitrogens with zero attached hydrogens (tertiary/aromatic N) is 2. The monoisotopic (exact) mass is 934 g/mol. The van der Waals surface area contributed by atoms with E-state index in [1.165, 1.54) is 5.39 Å². The van der Waals surface area contributed by atoms with Crippen LogP contribution in [0.2, 0.25) is 0 Å². The quantitative estimate of drug-likeness (QED) is 0.142. The summed E-state index contributed by atoms with van der Waals surface area (Å²) in [4.78, 5) is 4.61. The van der Waals surface area contributed by atoms with Crippen LogP contribution in [0.4, 0.5) is 34.1 Å². The minimum Gasteiger partial charge on any atom is -0.455 e. The van der Waals surface area contributed by atoms with Gasteiger partial charge in [-0.3, -0.25) is 0 Å². The maximum Gasteiger partial charge on any atom is 0.159 e. The van der Waals surface area contributed by atoms with Gasteiger partial charge in [-0.05, 0) is 112 Å². The molecule has 0 aliphatic carbocycles. The topological polar surface area (TPSA) is 45.9 Å². The molecule has 0 spiro atoms. The first kappa shape index (κ1) is 41.0. The lowest BCUT2D eigenvalue weighted by Gasteiger charge is -2.28. The van der Waals surface area contributed by atoms with Crippen LogP contribution in [0.1, 0.15) is 0 Å². The van der Waals surface area contributed by atoms with Crippen LogP contribution in [0, 0.1) is 0 Å². The highest BCUT2D eigenvalue weighted by Crippen LogP contribution is 2.48. The fourth-order valence-corrected chi connectivity index (χ4v) is 11.3. The molecular weight excluding hydrogens is 893 g/mol. The molecule has 0 saturated carbocycles. The molecule has 0 saturated heterocycles. The van der Waals surface area contributed by atoms with E-state index in [4.69, 9.17) is 13.3 Å². The van der Waals surface area contributed by atoms with Crippen LogP contribution in [0.15, 0.2) is 268 Å². The van der Waals surface area contributed by atoms with E-state index in [0.29, 0.717) is 0 Å². The summed E-state index contributed by atoms with van der Waals surface area (Å²) in [5.41, 5.74) is 15.6. The van der Waals surface area contributed by atoms with E-state index in [9.17, 15) is 0 Å². The van der Waals surface area contributed by atoms with E-state index in [-0.39, 0.29) is 0 Å². The summed E-state index contributed by atoms with van der Waals surface area (Å²) < 4.78 is 20.4. The zero-order valence-electron chi connectivity index (χ0n) is 39.4. The second-order valence-electron chi connectivity index (χ2n) is 18.7. The van der Waals surface area contributed by atoms with Crippen molar-refractivity contribution in [3.8, 4) is 22.3 Å². The molecule has 0 unspecified atom stereocenters. The molecule has 0 amide bonds. The van der Waals surface area contributed by atoms with Crippen molar-refractivity contribution in [1.29, 1.82) is 0 Å². The van der Waals surface area contributed by atoms with Gasteiger partial charge in [0.2, 0.25) is 0 Å². The molecule has 342 valence electrons. The SMILES string of the molecule is c1ccc(-c2ccccc2N(c2ccc(-c3ccc4c(c3)c3ccccc3c3c5ccc(N(c6ccccc6)c6cccc7c6oc6ccccc67)cc5oc43)cc2)c2cccc3c2oc2ccccc23)cc1. The number of para-hydroxylation sites is 6. The predicted octanol–water partition coefficient (Wildman–Crippen LogP) is 20.0. The molecule has 5 heteroatoms. The van der Waals surface area contributed by atoms with Gasteiger partial charge in [0.15, 0.2) is 11.2 Å². The number of fused-ring (bicyclic) bond motifs is 14. The predicted molar refractivity (Wildman–Crippen MR) is 304 cm³/mol. The Hall–Kier alpha value is -9.84. The van der Waals surface area contributed by atoms with Crippen molar-refractivity contribution in [1.82, 2.24) is 0 Å². The number of benzene rings is 12. The third kappa shape index (κ3) is 6.49. The van der Waals surface area contributed by atoms with E-state index >= 15 is 0 Å². The van der Waals surface area contributed by atoms with Gasteiger partial charge >= 0.3 is 0 Å². The summed E-state index contributed by atoms with van der Waals surface area (Å²) in [6.45, 7) is 0. The first-order valence-corrected chi connectivity index (χ1v) is 24.7. The van der Waals surface area contributed by atoms with Crippen LogP contribution >= 0.6 is 0 Å². The molecule has 0 bridgehead atoms. The Morgan fingerprint density at radius 2 is 0.726 bits per heavy atom. The summed E-state index contributed by atoms with van der Waals surface area (Å²) in [6, 6.07) is 90.1. The molecular formula is C68H42N2O3. The number of hydrogen-bond donors (Lipinski definition) is 0. The number of furan rings is 3. The van der Waals surface area contributed by atoms with Crippen molar-refractivity contribution in [3.05, 3.63) is 255 Å². The van der Waals surface area contributed by atoms with Gasteiger partial charge in [0.05, 0.1) is 22.7 Å². The van der Waals surface area contributed by atoms with Gasteiger partial charge in [-0.1, -0.05) is 170 Å². The molecule has 15 aromatic rings. The Bertz CT molecular complexity index is 4630. The Morgan fingerprint density at radius 3 is 1.44 bits per heavy atom. The summed E-state index contributed by atoms with van der Waals surface area (Å²) in [5, 5.41) is 11.1. The molecule has 0 aliphatic heterocycles. The van der Waals surface area contributed by atoms with Crippen molar-refractivity contribution in [2.75, 3.05) is 9.80 Å². The van der Waals surface area contributed by atoms with Crippen LogP contribution in [0.25, 0.3) is 110 Å². The molecule has 15 rings (SSSR count). The van der Waals surface area contributed by atoms with Gasteiger partial charge in [0, 0.05) is 60.7 Å². The van der Waals surface area contributed by atoms with Crippen molar-refractivity contribution in [2.45, 2.75) is 0 Å². The summed E-state index contributed by atoms with van der Waals surface area (Å²) in [7, 11) is 0. The fraction of sp³-hybridized carbons (Fsp3) is 0. The third-order valence-corrected chi connectivity index (χ3v) is 14.6. The minimum atomic E-state index is 0.819. The lowest BCUT2D eigenvalue weighted by molar-refractivity contribution is 0.668. The highest BCUT2D eigenvalue weighted by atomic mass is 16.3. The smallest absolute Gasteiger partial charge is 0.159 e. The molecule has 0 N–H and O–H groups in total. The molecule has 0 aliphatic rings. The van der Waals surface area contributed by atoms with Gasteiger partial charge in [-0.15, -0.1) is 0 Å². The van der Waals surface area contributed by atoms with E-state index in [1.54, 1.807) is 0 Å². The van der Waals surface area contributed by atoms with Crippen LogP contribution in [-0.2, 0) is 0 Å². The van der Waals surface area contributed by atoms with Crippen LogP contribution < -0.4 is 9.80 Å². The van der Waals surface area contributed by atoms with Crippen LogP contribution in [0.3, 0.4) is 0 Å². The lowest BCUT2D eigenvalue weighted by Crippen LogP contribution is -2.11. The van der Waals surface area contributed by atoms with Gasteiger partial charge < -0.3 is 23.1 Å². The summed E-state index contributed by atoms with van der Waals surface area (Å²) in [6.07, 6.45) is 0. The Balaban J connectivity index is 0.861. The van der Waals surface area contributed by atoms with Crippen LogP contribution in [-0.4, -0.2) is 0 Å². The second kappa shape index (κ2) is 16.4.